The number of aryl methyl sites for hydroxylation is 1. The number of nitrogens with zero attached hydrogens (tertiary/aromatic N) is 4. The third-order valence-corrected chi connectivity index (χ3v) is 5.66. The summed E-state index contributed by atoms with van der Waals surface area (Å²) in [6, 6.07) is 5.08. The van der Waals surface area contributed by atoms with Crippen molar-refractivity contribution >= 4 is 40.3 Å². The molecule has 0 aliphatic carbocycles. The molecule has 0 N–H and O–H groups in total. The first kappa shape index (κ1) is 25.2. The molecule has 178 valence electrons. The maximum Gasteiger partial charge on any atom is 0.341 e. The van der Waals surface area contributed by atoms with Gasteiger partial charge in [0.1, 0.15) is 16.9 Å². The third-order valence-electron chi connectivity index (χ3n) is 4.90. The Labute approximate surface area is 201 Å². The van der Waals surface area contributed by atoms with E-state index in [-0.39, 0.29) is 40.3 Å². The molecule has 0 fully saturated rings. The van der Waals surface area contributed by atoms with Crippen LogP contribution >= 0.6 is 11.8 Å². The predicted octanol–water partition coefficient (Wildman–Crippen LogP) is 3.65. The summed E-state index contributed by atoms with van der Waals surface area (Å²) in [4.78, 5) is 48.1. The van der Waals surface area contributed by atoms with Crippen LogP contribution < -0.4 is 11.0 Å². The molecule has 8 nitrogen and oxygen atoms in total. The largest absolute Gasteiger partial charge is 0.462 e. The van der Waals surface area contributed by atoms with E-state index >= 15 is 0 Å². The first-order valence-corrected chi connectivity index (χ1v) is 12.0. The highest BCUT2D eigenvalue weighted by Gasteiger charge is 2.20. The van der Waals surface area contributed by atoms with Crippen LogP contribution in [0, 0.1) is 12.8 Å². The van der Waals surface area contributed by atoms with Crippen LogP contribution in [0.1, 0.15) is 36.7 Å². The Morgan fingerprint density at radius 3 is 2.76 bits per heavy atom. The highest BCUT2D eigenvalue weighted by molar-refractivity contribution is 8.02. The summed E-state index contributed by atoms with van der Waals surface area (Å²) in [5, 5.41) is 1.99. The smallest absolute Gasteiger partial charge is 0.341 e. The highest BCUT2D eigenvalue weighted by atomic mass is 32.2. The lowest BCUT2D eigenvalue weighted by molar-refractivity contribution is -0.115. The van der Waals surface area contributed by atoms with Crippen molar-refractivity contribution in [1.29, 1.82) is 0 Å². The first-order chi connectivity index (χ1) is 16.3. The average Bonchev–Trinajstić information content (AvgIpc) is 2.79. The van der Waals surface area contributed by atoms with Crippen LogP contribution in [0.2, 0.25) is 0 Å². The number of fused-ring (bicyclic) bond motifs is 2. The molecule has 0 saturated carbocycles. The number of rotatable bonds is 8. The van der Waals surface area contributed by atoms with Crippen molar-refractivity contribution in [2.75, 3.05) is 12.4 Å². The van der Waals surface area contributed by atoms with Crippen LogP contribution in [0.3, 0.4) is 0 Å². The van der Waals surface area contributed by atoms with E-state index in [1.54, 1.807) is 41.3 Å². The summed E-state index contributed by atoms with van der Waals surface area (Å²) >= 11 is 1.27. The third kappa shape index (κ3) is 5.36. The second kappa shape index (κ2) is 11.1. The Morgan fingerprint density at radius 1 is 1.32 bits per heavy atom. The number of allylic oxidation sites excluding steroid dienone is 2. The molecule has 0 unspecified atom stereocenters. The average molecular weight is 481 g/mol. The molecule has 0 aromatic carbocycles. The van der Waals surface area contributed by atoms with E-state index in [4.69, 9.17) is 9.72 Å². The molecule has 3 rings (SSSR count). The van der Waals surface area contributed by atoms with Crippen LogP contribution in [0.25, 0.3) is 16.7 Å². The van der Waals surface area contributed by atoms with Crippen molar-refractivity contribution in [2.24, 2.45) is 10.9 Å². The van der Waals surface area contributed by atoms with Gasteiger partial charge in [-0.1, -0.05) is 38.6 Å². The zero-order valence-corrected chi connectivity index (χ0v) is 20.6. The van der Waals surface area contributed by atoms with Crippen molar-refractivity contribution in [3.63, 3.8) is 0 Å². The van der Waals surface area contributed by atoms with Crippen molar-refractivity contribution in [1.82, 2.24) is 14.0 Å². The molecule has 0 aliphatic heterocycles. The molecule has 3 aromatic rings. The molecule has 0 spiro atoms. The summed E-state index contributed by atoms with van der Waals surface area (Å²) in [6.45, 7) is 11.7. The van der Waals surface area contributed by atoms with Gasteiger partial charge >= 0.3 is 5.97 Å². The fraction of sp³-hybridized carbons (Fsp3) is 0.320. The fourth-order valence-corrected chi connectivity index (χ4v) is 4.01. The zero-order valence-electron chi connectivity index (χ0n) is 19.8. The minimum Gasteiger partial charge on any atom is -0.462 e. The van der Waals surface area contributed by atoms with Crippen molar-refractivity contribution in [2.45, 2.75) is 34.2 Å². The molecule has 3 heterocycles. The second-order valence-corrected chi connectivity index (χ2v) is 8.92. The van der Waals surface area contributed by atoms with Gasteiger partial charge in [0.05, 0.1) is 17.7 Å². The Balaban J connectivity index is 2.41. The van der Waals surface area contributed by atoms with Gasteiger partial charge in [-0.15, -0.1) is 11.8 Å². The predicted molar refractivity (Wildman–Crippen MR) is 135 cm³/mol. The second-order valence-electron chi connectivity index (χ2n) is 8.03. The van der Waals surface area contributed by atoms with Crippen LogP contribution in [0.15, 0.2) is 58.3 Å². The summed E-state index contributed by atoms with van der Waals surface area (Å²) in [5.41, 5.74) is 1.58. The number of ether oxygens (including phenoxy) is 1. The van der Waals surface area contributed by atoms with Gasteiger partial charge in [0, 0.05) is 12.7 Å². The number of thioether (sulfide) groups is 1. The number of esters is 1. The van der Waals surface area contributed by atoms with Gasteiger partial charge in [-0.05, 0) is 42.9 Å². The van der Waals surface area contributed by atoms with Gasteiger partial charge in [0.15, 0.2) is 5.49 Å². The van der Waals surface area contributed by atoms with Gasteiger partial charge in [-0.2, -0.15) is 4.99 Å². The summed E-state index contributed by atoms with van der Waals surface area (Å²) in [5.74, 6) is -0.868. The number of pyridine rings is 2. The van der Waals surface area contributed by atoms with E-state index in [9.17, 15) is 14.4 Å². The molecule has 0 radical (unpaired) electrons. The van der Waals surface area contributed by atoms with Gasteiger partial charge in [-0.3, -0.25) is 14.0 Å². The number of aromatic nitrogens is 3. The maximum absolute atomic E-state index is 13.4. The van der Waals surface area contributed by atoms with E-state index in [0.29, 0.717) is 17.8 Å². The van der Waals surface area contributed by atoms with E-state index in [2.05, 4.69) is 11.6 Å². The van der Waals surface area contributed by atoms with Crippen LogP contribution in [-0.4, -0.2) is 38.2 Å². The lowest BCUT2D eigenvalue weighted by Gasteiger charge is -2.17. The quantitative estimate of drug-likeness (QED) is 0.277. The van der Waals surface area contributed by atoms with Crippen molar-refractivity contribution < 1.29 is 14.3 Å². The van der Waals surface area contributed by atoms with Crippen LogP contribution in [0.5, 0.6) is 0 Å². The normalized spacial score (nSPS) is 12.2. The Kier molecular flexibility index (Phi) is 8.22. The molecule has 0 aliphatic rings. The molecule has 3 aromatic heterocycles. The monoisotopic (exact) mass is 480 g/mol. The number of hydrogen-bond acceptors (Lipinski definition) is 6. The summed E-state index contributed by atoms with van der Waals surface area (Å²) < 4.78 is 8.38. The Bertz CT molecular complexity index is 1420. The standard InChI is InChI=1S/C25H28N4O4S/c1-6-8-12-34-15-20(30)26-23-19(25(32)33-7-2)13-18-22(29(23)14-16(3)4)27-21-17(5)10-9-11-28(21)24(18)31/h6,8-13,16H,1,7,14-15H2,2-5H3/b12-8-,26-23?. The lowest BCUT2D eigenvalue weighted by Crippen LogP contribution is -2.34. The number of amides is 1. The Morgan fingerprint density at radius 2 is 2.09 bits per heavy atom. The summed E-state index contributed by atoms with van der Waals surface area (Å²) in [7, 11) is 0. The van der Waals surface area contributed by atoms with E-state index in [1.807, 2.05) is 26.8 Å². The zero-order chi connectivity index (χ0) is 24.8. The molecule has 0 bridgehead atoms. The van der Waals surface area contributed by atoms with E-state index in [1.165, 1.54) is 22.2 Å². The molecule has 1 amide bonds. The molecule has 0 saturated heterocycles. The number of carbonyl (C=O) groups is 2. The van der Waals surface area contributed by atoms with Crippen LogP contribution in [-0.2, 0) is 16.1 Å². The van der Waals surface area contributed by atoms with Gasteiger partial charge < -0.3 is 9.30 Å². The SMILES string of the molecule is C=C/C=C\SCC(=O)N=c1c(C(=O)OCC)cc2c(=O)n3cccc(C)c3nc2n1CC(C)C. The van der Waals surface area contributed by atoms with Crippen molar-refractivity contribution in [3.05, 3.63) is 75.5 Å². The highest BCUT2D eigenvalue weighted by Crippen LogP contribution is 2.15. The topological polar surface area (TPSA) is 95.0 Å². The first-order valence-electron chi connectivity index (χ1n) is 11.0. The minimum absolute atomic E-state index is 0.0569. The minimum atomic E-state index is -0.651. The van der Waals surface area contributed by atoms with E-state index < -0.39 is 11.9 Å². The van der Waals surface area contributed by atoms with Gasteiger partial charge in [0.25, 0.3) is 11.5 Å². The molecular weight excluding hydrogens is 452 g/mol. The Hall–Kier alpha value is -3.46. The lowest BCUT2D eigenvalue weighted by atomic mass is 10.1. The van der Waals surface area contributed by atoms with Gasteiger partial charge in [-0.25, -0.2) is 9.78 Å². The van der Waals surface area contributed by atoms with Crippen LogP contribution in [0.4, 0.5) is 0 Å². The molecule has 34 heavy (non-hydrogen) atoms. The summed E-state index contributed by atoms with van der Waals surface area (Å²) in [6.07, 6.45) is 4.98. The maximum atomic E-state index is 13.4. The number of carbonyl (C=O) groups excluding carboxylic acids is 2. The van der Waals surface area contributed by atoms with E-state index in [0.717, 1.165) is 5.56 Å². The molecule has 0 atom stereocenters. The number of hydrogen-bond donors (Lipinski definition) is 0. The van der Waals surface area contributed by atoms with Gasteiger partial charge in [0.2, 0.25) is 0 Å². The molecule has 9 heteroatoms. The fourth-order valence-electron chi connectivity index (χ4n) is 3.49. The van der Waals surface area contributed by atoms with Crippen molar-refractivity contribution in [3.8, 4) is 0 Å². The molecular formula is C25H28N4O4S.